The lowest BCUT2D eigenvalue weighted by molar-refractivity contribution is -0.00627. The van der Waals surface area contributed by atoms with Crippen molar-refractivity contribution >= 4 is 23.3 Å². The highest BCUT2D eigenvalue weighted by Crippen LogP contribution is 2.42. The molecule has 2 aliphatic heterocycles. The summed E-state index contributed by atoms with van der Waals surface area (Å²) in [5.41, 5.74) is 0.290. The lowest BCUT2D eigenvalue weighted by Gasteiger charge is -2.44. The van der Waals surface area contributed by atoms with Crippen LogP contribution in [0, 0.1) is 18.6 Å². The molecule has 1 fully saturated rings. The number of rotatable bonds is 1. The number of fused-ring (bicyclic) bond motifs is 1. The third kappa shape index (κ3) is 3.26. The van der Waals surface area contributed by atoms with E-state index in [1.807, 2.05) is 6.92 Å². The van der Waals surface area contributed by atoms with E-state index in [0.717, 1.165) is 23.8 Å². The van der Waals surface area contributed by atoms with Crippen LogP contribution in [0.3, 0.4) is 0 Å². The van der Waals surface area contributed by atoms with E-state index in [-0.39, 0.29) is 17.8 Å². The van der Waals surface area contributed by atoms with Gasteiger partial charge in [-0.15, -0.1) is 0 Å². The van der Waals surface area contributed by atoms with Crippen molar-refractivity contribution in [3.63, 3.8) is 0 Å². The number of ketones is 1. The summed E-state index contributed by atoms with van der Waals surface area (Å²) in [6, 6.07) is 6.20. The van der Waals surface area contributed by atoms with Crippen molar-refractivity contribution < 1.29 is 23.1 Å². The molecule has 0 aliphatic carbocycles. The molecule has 1 saturated heterocycles. The molecule has 0 atom stereocenters. The number of Topliss-reactive ketones (excluding diaryl/α,β-unsaturated/α-hetero) is 1. The second-order valence-corrected chi connectivity index (χ2v) is 7.84. The Balaban J connectivity index is 1.53. The molecule has 2 heterocycles. The van der Waals surface area contributed by atoms with Crippen LogP contribution < -0.4 is 4.74 Å². The number of hydrogen-bond donors (Lipinski definition) is 0. The maximum absolute atomic E-state index is 13.9. The van der Waals surface area contributed by atoms with Crippen molar-refractivity contribution in [3.8, 4) is 5.75 Å². The van der Waals surface area contributed by atoms with E-state index in [1.54, 1.807) is 12.1 Å². The predicted octanol–water partition coefficient (Wildman–Crippen LogP) is 4.57. The summed E-state index contributed by atoms with van der Waals surface area (Å²) in [6.45, 7) is 2.43. The number of amides is 1. The van der Waals surface area contributed by atoms with E-state index in [1.165, 1.54) is 4.90 Å². The minimum atomic E-state index is -0.753. The molecule has 0 radical (unpaired) electrons. The molecule has 0 aromatic heterocycles. The molecule has 0 saturated carbocycles. The number of aryl methyl sites for hydroxylation is 1. The molecule has 1 spiro atoms. The predicted molar refractivity (Wildman–Crippen MR) is 100.0 cm³/mol. The Hall–Kier alpha value is -2.47. The first-order valence-corrected chi connectivity index (χ1v) is 9.42. The lowest BCUT2D eigenvalue weighted by Crippen LogP contribution is -2.52. The zero-order chi connectivity index (χ0) is 20.1. The fourth-order valence-corrected chi connectivity index (χ4v) is 4.21. The third-order valence-corrected chi connectivity index (χ3v) is 5.68. The molecule has 2 aromatic carbocycles. The molecule has 4 rings (SSSR count). The number of hydrogen-bond acceptors (Lipinski definition) is 3. The molecule has 2 aliphatic rings. The highest BCUT2D eigenvalue weighted by atomic mass is 35.5. The molecule has 2 aromatic rings. The third-order valence-electron chi connectivity index (χ3n) is 5.46. The standard InChI is InChI=1S/C21H18ClF2NO3/c1-12-8-13(22)9-16-18(26)11-21(28-19(12)16)4-6-25(7-5-21)20(27)15-10-14(23)2-3-17(15)24/h2-3,8-10H,4-7,11H2,1H3. The van der Waals surface area contributed by atoms with Crippen molar-refractivity contribution in [2.24, 2.45) is 0 Å². The summed E-state index contributed by atoms with van der Waals surface area (Å²) in [6.07, 6.45) is 1.07. The SMILES string of the molecule is Cc1cc(Cl)cc2c1OC1(CCN(C(=O)c3cc(F)ccc3F)CC1)CC2=O. The van der Waals surface area contributed by atoms with E-state index < -0.39 is 23.1 Å². The van der Waals surface area contributed by atoms with Crippen molar-refractivity contribution in [1.29, 1.82) is 0 Å². The van der Waals surface area contributed by atoms with Gasteiger partial charge in [-0.3, -0.25) is 9.59 Å². The first-order valence-electron chi connectivity index (χ1n) is 9.05. The second-order valence-electron chi connectivity index (χ2n) is 7.40. The number of carbonyl (C=O) groups is 2. The Morgan fingerprint density at radius 1 is 1.18 bits per heavy atom. The van der Waals surface area contributed by atoms with Crippen LogP contribution in [-0.2, 0) is 0 Å². The van der Waals surface area contributed by atoms with Gasteiger partial charge in [0, 0.05) is 31.0 Å². The quantitative estimate of drug-likeness (QED) is 0.698. The number of nitrogens with zero attached hydrogens (tertiary/aromatic N) is 1. The van der Waals surface area contributed by atoms with Gasteiger partial charge in [0.15, 0.2) is 5.78 Å². The second kappa shape index (κ2) is 6.85. The van der Waals surface area contributed by atoms with Gasteiger partial charge in [-0.2, -0.15) is 0 Å². The van der Waals surface area contributed by atoms with Crippen molar-refractivity contribution in [2.75, 3.05) is 13.1 Å². The highest BCUT2D eigenvalue weighted by molar-refractivity contribution is 6.31. The highest BCUT2D eigenvalue weighted by Gasteiger charge is 2.44. The maximum Gasteiger partial charge on any atom is 0.256 e. The molecule has 1 amide bonds. The van der Waals surface area contributed by atoms with E-state index >= 15 is 0 Å². The van der Waals surface area contributed by atoms with E-state index in [2.05, 4.69) is 0 Å². The fraction of sp³-hybridized carbons (Fsp3) is 0.333. The largest absolute Gasteiger partial charge is 0.486 e. The van der Waals surface area contributed by atoms with Gasteiger partial charge in [0.05, 0.1) is 17.5 Å². The van der Waals surface area contributed by atoms with Gasteiger partial charge < -0.3 is 9.64 Å². The average molecular weight is 406 g/mol. The number of carbonyl (C=O) groups excluding carboxylic acids is 2. The van der Waals surface area contributed by atoms with Gasteiger partial charge in [-0.05, 0) is 42.8 Å². The molecular weight excluding hydrogens is 388 g/mol. The molecule has 0 bridgehead atoms. The Morgan fingerprint density at radius 3 is 2.61 bits per heavy atom. The van der Waals surface area contributed by atoms with Crippen molar-refractivity contribution in [2.45, 2.75) is 31.8 Å². The minimum Gasteiger partial charge on any atom is -0.486 e. The van der Waals surface area contributed by atoms with Crippen LogP contribution in [0.5, 0.6) is 5.75 Å². The summed E-state index contributed by atoms with van der Waals surface area (Å²) < 4.78 is 33.6. The zero-order valence-electron chi connectivity index (χ0n) is 15.2. The van der Waals surface area contributed by atoms with Crippen LogP contribution in [0.4, 0.5) is 8.78 Å². The molecule has 28 heavy (non-hydrogen) atoms. The van der Waals surface area contributed by atoms with Crippen LogP contribution in [0.15, 0.2) is 30.3 Å². The van der Waals surface area contributed by atoms with Gasteiger partial charge in [0.25, 0.3) is 5.91 Å². The number of halogens is 3. The lowest BCUT2D eigenvalue weighted by atomic mass is 9.82. The summed E-state index contributed by atoms with van der Waals surface area (Å²) in [5.74, 6) is -1.47. The molecule has 4 nitrogen and oxygen atoms in total. The summed E-state index contributed by atoms with van der Waals surface area (Å²) >= 11 is 6.05. The van der Waals surface area contributed by atoms with Gasteiger partial charge in [-0.25, -0.2) is 8.78 Å². The average Bonchev–Trinajstić information content (AvgIpc) is 2.65. The minimum absolute atomic E-state index is 0.0391. The molecular formula is C21H18ClF2NO3. The summed E-state index contributed by atoms with van der Waals surface area (Å²) in [5, 5.41) is 0.488. The topological polar surface area (TPSA) is 46.6 Å². The first-order chi connectivity index (χ1) is 13.3. The van der Waals surface area contributed by atoms with Crippen LogP contribution in [-0.4, -0.2) is 35.3 Å². The van der Waals surface area contributed by atoms with Crippen LogP contribution in [0.2, 0.25) is 5.02 Å². The number of piperidine rings is 1. The van der Waals surface area contributed by atoms with E-state index in [0.29, 0.717) is 42.3 Å². The Bertz CT molecular complexity index is 984. The molecule has 0 unspecified atom stereocenters. The number of likely N-dealkylation sites (tertiary alicyclic amines) is 1. The van der Waals surface area contributed by atoms with E-state index in [9.17, 15) is 18.4 Å². The summed E-state index contributed by atoms with van der Waals surface area (Å²) in [4.78, 5) is 26.7. The zero-order valence-corrected chi connectivity index (χ0v) is 16.0. The monoisotopic (exact) mass is 405 g/mol. The normalized spacial score (nSPS) is 18.0. The van der Waals surface area contributed by atoms with Gasteiger partial charge in [0.1, 0.15) is 23.0 Å². The van der Waals surface area contributed by atoms with Crippen molar-refractivity contribution in [3.05, 3.63) is 63.7 Å². The van der Waals surface area contributed by atoms with Crippen LogP contribution in [0.25, 0.3) is 0 Å². The van der Waals surface area contributed by atoms with E-state index in [4.69, 9.17) is 16.3 Å². The van der Waals surface area contributed by atoms with Crippen LogP contribution in [0.1, 0.15) is 45.5 Å². The Kier molecular flexibility index (Phi) is 4.62. The number of benzene rings is 2. The van der Waals surface area contributed by atoms with Crippen LogP contribution >= 0.6 is 11.6 Å². The van der Waals surface area contributed by atoms with Crippen molar-refractivity contribution in [1.82, 2.24) is 4.90 Å². The Morgan fingerprint density at radius 2 is 1.89 bits per heavy atom. The fourth-order valence-electron chi connectivity index (χ4n) is 3.94. The molecule has 146 valence electrons. The maximum atomic E-state index is 13.9. The van der Waals surface area contributed by atoms with Gasteiger partial charge >= 0.3 is 0 Å². The summed E-state index contributed by atoms with van der Waals surface area (Å²) in [7, 11) is 0. The first kappa shape index (κ1) is 18.9. The molecule has 7 heteroatoms. The number of ether oxygens (including phenoxy) is 1. The smallest absolute Gasteiger partial charge is 0.256 e. The van der Waals surface area contributed by atoms with Gasteiger partial charge in [-0.1, -0.05) is 11.6 Å². The van der Waals surface area contributed by atoms with Gasteiger partial charge in [0.2, 0.25) is 0 Å². The molecule has 0 N–H and O–H groups in total. The Labute approximate surface area is 166 Å².